The molecule has 2 heterocycles. The molecule has 1 aromatic heterocycles. The molecule has 8 nitrogen and oxygen atoms in total. The van der Waals surface area contributed by atoms with Gasteiger partial charge in [-0.25, -0.2) is 9.97 Å². The van der Waals surface area contributed by atoms with Crippen molar-refractivity contribution in [2.24, 2.45) is 10.7 Å². The predicted octanol–water partition coefficient (Wildman–Crippen LogP) is 2.13. The molecule has 0 aromatic carbocycles. The van der Waals surface area contributed by atoms with Gasteiger partial charge in [0.1, 0.15) is 5.84 Å². The summed E-state index contributed by atoms with van der Waals surface area (Å²) < 4.78 is 5.83. The van der Waals surface area contributed by atoms with Crippen LogP contribution in [0.1, 0.15) is 67.3 Å². The van der Waals surface area contributed by atoms with Crippen LogP contribution in [0.25, 0.3) is 0 Å². The average molecular weight is 403 g/mol. The minimum atomic E-state index is -0.452. The van der Waals surface area contributed by atoms with Gasteiger partial charge in [-0.1, -0.05) is 19.3 Å². The van der Waals surface area contributed by atoms with Gasteiger partial charge in [0.25, 0.3) is 0 Å². The van der Waals surface area contributed by atoms with E-state index in [2.05, 4.69) is 20.2 Å². The molecule has 1 amide bonds. The van der Waals surface area contributed by atoms with Crippen LogP contribution in [-0.4, -0.2) is 60.1 Å². The normalized spacial score (nSPS) is 24.0. The molecule has 2 fully saturated rings. The van der Waals surface area contributed by atoms with Crippen molar-refractivity contribution in [3.05, 3.63) is 17.1 Å². The van der Waals surface area contributed by atoms with E-state index in [0.29, 0.717) is 24.4 Å². The monoisotopic (exact) mass is 402 g/mol. The lowest BCUT2D eigenvalue weighted by Crippen LogP contribution is -2.56. The third-order valence-corrected chi connectivity index (χ3v) is 5.99. The number of amidine groups is 1. The van der Waals surface area contributed by atoms with E-state index in [1.807, 2.05) is 13.8 Å². The molecule has 1 saturated heterocycles. The van der Waals surface area contributed by atoms with Crippen molar-refractivity contribution in [1.29, 1.82) is 0 Å². The highest BCUT2D eigenvalue weighted by Crippen LogP contribution is 2.26. The van der Waals surface area contributed by atoms with Crippen molar-refractivity contribution in [3.63, 3.8) is 0 Å². The first-order valence-corrected chi connectivity index (χ1v) is 10.6. The van der Waals surface area contributed by atoms with Gasteiger partial charge in [0.15, 0.2) is 11.5 Å². The van der Waals surface area contributed by atoms with Gasteiger partial charge in [0.2, 0.25) is 0 Å². The number of carbonyl (C=O) groups is 1. The van der Waals surface area contributed by atoms with Crippen LogP contribution in [0.5, 0.6) is 0 Å². The Kier molecular flexibility index (Phi) is 7.18. The first-order chi connectivity index (χ1) is 13.9. The van der Waals surface area contributed by atoms with Gasteiger partial charge in [0.05, 0.1) is 17.5 Å². The summed E-state index contributed by atoms with van der Waals surface area (Å²) in [5.74, 6) is 0.333. The number of hydrogen-bond acceptors (Lipinski definition) is 6. The topological polar surface area (TPSA) is 106 Å². The number of carbonyl (C=O) groups excluding carboxylic acids is 1. The van der Waals surface area contributed by atoms with E-state index in [1.54, 1.807) is 14.0 Å². The molecule has 2 atom stereocenters. The summed E-state index contributed by atoms with van der Waals surface area (Å²) >= 11 is 0. The summed E-state index contributed by atoms with van der Waals surface area (Å²) in [6, 6.07) is 0.890. The fourth-order valence-electron chi connectivity index (χ4n) is 4.28. The molecular weight excluding hydrogens is 368 g/mol. The Balaban J connectivity index is 1.79. The number of nitrogens with one attached hydrogen (secondary N) is 1. The Hall–Kier alpha value is -2.06. The van der Waals surface area contributed by atoms with Gasteiger partial charge in [-0.05, 0) is 40.0 Å². The number of aliphatic imine (C=N–C) groups is 1. The number of rotatable bonds is 5. The van der Waals surface area contributed by atoms with E-state index in [0.717, 1.165) is 24.4 Å². The maximum absolute atomic E-state index is 12.6. The van der Waals surface area contributed by atoms with Crippen LogP contribution < -0.4 is 16.0 Å². The van der Waals surface area contributed by atoms with E-state index in [-0.39, 0.29) is 17.6 Å². The molecule has 3 rings (SSSR count). The summed E-state index contributed by atoms with van der Waals surface area (Å²) in [6.07, 6.45) is 7.39. The summed E-state index contributed by atoms with van der Waals surface area (Å²) in [5.41, 5.74) is 7.40. The highest BCUT2D eigenvalue weighted by atomic mass is 16.5. The smallest absolute Gasteiger partial charge is 0.301 e. The Morgan fingerprint density at radius 1 is 1.17 bits per heavy atom. The number of hydrogen-bond donors (Lipinski definition) is 2. The number of methoxy groups -OCH3 is 1. The number of aromatic nitrogens is 2. The van der Waals surface area contributed by atoms with Crippen molar-refractivity contribution in [3.8, 4) is 0 Å². The Morgan fingerprint density at radius 3 is 2.52 bits per heavy atom. The number of piperidine rings is 1. The molecule has 1 aliphatic heterocycles. The molecule has 0 spiro atoms. The van der Waals surface area contributed by atoms with Crippen LogP contribution in [0.15, 0.2) is 4.99 Å². The van der Waals surface area contributed by atoms with Gasteiger partial charge in [-0.2, -0.15) is 4.99 Å². The summed E-state index contributed by atoms with van der Waals surface area (Å²) in [4.78, 5) is 27.8. The minimum Gasteiger partial charge on any atom is -0.387 e. The van der Waals surface area contributed by atoms with E-state index in [9.17, 15) is 4.79 Å². The van der Waals surface area contributed by atoms with Crippen molar-refractivity contribution in [2.75, 3.05) is 25.1 Å². The lowest BCUT2D eigenvalue weighted by molar-refractivity contribution is 0.0533. The standard InChI is InChI=1S/C21H34N6O2/c1-13-14(2)24-20(19(23-13)21(28)25-15(3)22)27-11-10-17(18(12-27)29-4)26-16-8-6-5-7-9-16/h16-18,26H,5-12H2,1-4H3,(H2,22,25,28). The Labute approximate surface area is 173 Å². The number of nitrogens with two attached hydrogens (primary N) is 1. The molecule has 0 bridgehead atoms. The van der Waals surface area contributed by atoms with Crippen LogP contribution in [0, 0.1) is 13.8 Å². The van der Waals surface area contributed by atoms with Crippen molar-refractivity contribution in [1.82, 2.24) is 15.3 Å². The maximum atomic E-state index is 12.6. The third-order valence-electron chi connectivity index (χ3n) is 5.99. The minimum absolute atomic E-state index is 0.0248. The fourth-order valence-corrected chi connectivity index (χ4v) is 4.28. The van der Waals surface area contributed by atoms with Crippen molar-refractivity contribution < 1.29 is 9.53 Å². The molecule has 1 aliphatic carbocycles. The molecule has 2 aliphatic rings. The Morgan fingerprint density at radius 2 is 1.86 bits per heavy atom. The summed E-state index contributed by atoms with van der Waals surface area (Å²) in [6.45, 7) is 6.79. The van der Waals surface area contributed by atoms with Crippen LogP contribution in [-0.2, 0) is 4.74 Å². The molecule has 8 heteroatoms. The Bertz CT molecular complexity index is 756. The van der Waals surface area contributed by atoms with E-state index < -0.39 is 5.91 Å². The number of aryl methyl sites for hydroxylation is 2. The first kappa shape index (κ1) is 21.6. The first-order valence-electron chi connectivity index (χ1n) is 10.6. The molecule has 160 valence electrons. The molecule has 0 radical (unpaired) electrons. The van der Waals surface area contributed by atoms with E-state index in [1.165, 1.54) is 32.1 Å². The zero-order valence-electron chi connectivity index (χ0n) is 18.1. The largest absolute Gasteiger partial charge is 0.387 e. The predicted molar refractivity (Wildman–Crippen MR) is 115 cm³/mol. The maximum Gasteiger partial charge on any atom is 0.301 e. The van der Waals surface area contributed by atoms with Gasteiger partial charge in [0, 0.05) is 32.3 Å². The lowest BCUT2D eigenvalue weighted by Gasteiger charge is -2.41. The second-order valence-electron chi connectivity index (χ2n) is 8.24. The molecule has 29 heavy (non-hydrogen) atoms. The van der Waals surface area contributed by atoms with Gasteiger partial charge in [-0.3, -0.25) is 4.79 Å². The molecule has 1 aromatic rings. The number of nitrogens with zero attached hydrogens (tertiary/aromatic N) is 4. The lowest BCUT2D eigenvalue weighted by atomic mass is 9.92. The SMILES string of the molecule is COC1CN(c2nc(C)c(C)nc2C(=O)N=C(C)N)CCC1NC1CCCCC1. The second kappa shape index (κ2) is 9.63. The molecule has 2 unspecified atom stereocenters. The van der Waals surface area contributed by atoms with E-state index in [4.69, 9.17) is 15.5 Å². The quantitative estimate of drug-likeness (QED) is 0.574. The van der Waals surface area contributed by atoms with E-state index >= 15 is 0 Å². The third kappa shape index (κ3) is 5.30. The van der Waals surface area contributed by atoms with Gasteiger partial charge >= 0.3 is 5.91 Å². The number of amides is 1. The van der Waals surface area contributed by atoms with Crippen LogP contribution in [0.4, 0.5) is 5.82 Å². The fraction of sp³-hybridized carbons (Fsp3) is 0.714. The molecular formula is C21H34N6O2. The zero-order valence-corrected chi connectivity index (χ0v) is 18.1. The highest BCUT2D eigenvalue weighted by molar-refractivity contribution is 6.04. The van der Waals surface area contributed by atoms with Gasteiger partial charge in [-0.15, -0.1) is 0 Å². The molecule has 1 saturated carbocycles. The van der Waals surface area contributed by atoms with Crippen molar-refractivity contribution >= 4 is 17.6 Å². The van der Waals surface area contributed by atoms with Crippen LogP contribution >= 0.6 is 0 Å². The summed E-state index contributed by atoms with van der Waals surface area (Å²) in [5, 5.41) is 3.82. The highest BCUT2D eigenvalue weighted by Gasteiger charge is 2.33. The van der Waals surface area contributed by atoms with Crippen LogP contribution in [0.3, 0.4) is 0 Å². The number of anilines is 1. The number of ether oxygens (including phenoxy) is 1. The van der Waals surface area contributed by atoms with Gasteiger partial charge < -0.3 is 20.7 Å². The van der Waals surface area contributed by atoms with Crippen molar-refractivity contribution in [2.45, 2.75) is 77.5 Å². The average Bonchev–Trinajstić information content (AvgIpc) is 2.70. The molecule has 3 N–H and O–H groups in total. The van der Waals surface area contributed by atoms with Crippen LogP contribution in [0.2, 0.25) is 0 Å². The summed E-state index contributed by atoms with van der Waals surface area (Å²) in [7, 11) is 1.75. The second-order valence-corrected chi connectivity index (χ2v) is 8.24. The zero-order chi connectivity index (χ0) is 21.0.